The second-order valence-corrected chi connectivity index (χ2v) is 9.54. The molecule has 124 valence electrons. The molecule has 7 heteroatoms. The molecule has 1 aliphatic carbocycles. The summed E-state index contributed by atoms with van der Waals surface area (Å²) >= 11 is 6.50. The van der Waals surface area contributed by atoms with Gasteiger partial charge in [-0.15, -0.1) is 22.7 Å². The molecule has 0 bridgehead atoms. The number of nitrogens with zero attached hydrogens (tertiary/aromatic N) is 1. The predicted octanol–water partition coefficient (Wildman–Crippen LogP) is 4.69. The largest absolute Gasteiger partial charge is 0.397 e. The zero-order valence-corrected chi connectivity index (χ0v) is 16.5. The van der Waals surface area contributed by atoms with Crippen molar-refractivity contribution in [1.29, 1.82) is 0 Å². The maximum Gasteiger partial charge on any atom is 0.260 e. The van der Waals surface area contributed by atoms with E-state index in [0.29, 0.717) is 10.6 Å². The number of carbonyl (C=O) groups is 1. The van der Waals surface area contributed by atoms with Crippen LogP contribution in [0.25, 0.3) is 20.7 Å². The summed E-state index contributed by atoms with van der Waals surface area (Å²) in [6, 6.07) is 2.10. The number of hydrogen-bond donors (Lipinski definition) is 2. The Morgan fingerprint density at radius 1 is 1.42 bits per heavy atom. The van der Waals surface area contributed by atoms with E-state index in [9.17, 15) is 4.79 Å². The van der Waals surface area contributed by atoms with Crippen LogP contribution in [0.2, 0.25) is 0 Å². The van der Waals surface area contributed by atoms with E-state index >= 15 is 0 Å². The number of anilines is 1. The van der Waals surface area contributed by atoms with Crippen LogP contribution < -0.4 is 11.5 Å². The molecular weight excluding hydrogens is 406 g/mol. The number of nitrogens with two attached hydrogens (primary N) is 2. The molecule has 1 amide bonds. The SMILES string of the molecule is CC1(C)CCc2c1nc1sc(C(N)=O)c(N)c1c2-c1cc(Br)cs1. The van der Waals surface area contributed by atoms with Crippen LogP contribution in [0.3, 0.4) is 0 Å². The Bertz CT molecular complexity index is 1000. The molecule has 3 aromatic heterocycles. The molecule has 0 saturated carbocycles. The highest BCUT2D eigenvalue weighted by Gasteiger charge is 2.36. The van der Waals surface area contributed by atoms with E-state index in [1.807, 2.05) is 0 Å². The van der Waals surface area contributed by atoms with Gasteiger partial charge in [-0.25, -0.2) is 4.98 Å². The molecule has 0 unspecified atom stereocenters. The molecule has 0 radical (unpaired) electrons. The first-order valence-corrected chi connectivity index (χ1v) is 10.1. The number of hydrogen-bond acceptors (Lipinski definition) is 5. The lowest BCUT2D eigenvalue weighted by atomic mass is 9.90. The molecule has 3 heterocycles. The van der Waals surface area contributed by atoms with Crippen LogP contribution in [-0.4, -0.2) is 10.9 Å². The minimum Gasteiger partial charge on any atom is -0.397 e. The molecule has 4 N–H and O–H groups in total. The summed E-state index contributed by atoms with van der Waals surface area (Å²) in [5, 5.41) is 2.94. The number of rotatable bonds is 2. The molecule has 0 aliphatic heterocycles. The molecule has 0 spiro atoms. The van der Waals surface area contributed by atoms with Gasteiger partial charge in [0.2, 0.25) is 0 Å². The summed E-state index contributed by atoms with van der Waals surface area (Å²) in [5.74, 6) is -0.492. The van der Waals surface area contributed by atoms with Gasteiger partial charge in [-0.2, -0.15) is 0 Å². The van der Waals surface area contributed by atoms with Crippen molar-refractivity contribution in [2.24, 2.45) is 5.73 Å². The number of nitrogen functional groups attached to an aromatic ring is 1. The molecule has 0 aromatic carbocycles. The van der Waals surface area contributed by atoms with Crippen molar-refractivity contribution in [3.05, 3.63) is 32.1 Å². The summed E-state index contributed by atoms with van der Waals surface area (Å²) in [6.45, 7) is 4.44. The summed E-state index contributed by atoms with van der Waals surface area (Å²) in [4.78, 5) is 19.0. The van der Waals surface area contributed by atoms with Crippen molar-refractivity contribution in [2.45, 2.75) is 32.1 Å². The third-order valence-corrected chi connectivity index (χ3v) is 7.48. The number of pyridine rings is 1. The Labute approximate surface area is 156 Å². The first kappa shape index (κ1) is 16.1. The third kappa shape index (κ3) is 2.22. The number of halogens is 1. The van der Waals surface area contributed by atoms with Crippen LogP contribution in [0, 0.1) is 0 Å². The highest BCUT2D eigenvalue weighted by molar-refractivity contribution is 9.10. The van der Waals surface area contributed by atoms with Crippen molar-refractivity contribution >= 4 is 60.4 Å². The topological polar surface area (TPSA) is 82.0 Å². The van der Waals surface area contributed by atoms with Crippen LogP contribution in [0.1, 0.15) is 41.2 Å². The predicted molar refractivity (Wildman–Crippen MR) is 105 cm³/mol. The van der Waals surface area contributed by atoms with Crippen molar-refractivity contribution in [1.82, 2.24) is 4.98 Å². The lowest BCUT2D eigenvalue weighted by Crippen LogP contribution is -2.14. The van der Waals surface area contributed by atoms with Crippen LogP contribution in [0.5, 0.6) is 0 Å². The van der Waals surface area contributed by atoms with Crippen molar-refractivity contribution in [2.75, 3.05) is 5.73 Å². The average molecular weight is 422 g/mol. The molecule has 24 heavy (non-hydrogen) atoms. The zero-order valence-electron chi connectivity index (χ0n) is 13.3. The smallest absolute Gasteiger partial charge is 0.260 e. The fourth-order valence-corrected chi connectivity index (χ4v) is 5.91. The normalized spacial score (nSPS) is 15.8. The monoisotopic (exact) mass is 421 g/mol. The van der Waals surface area contributed by atoms with Gasteiger partial charge < -0.3 is 11.5 Å². The number of fused-ring (bicyclic) bond motifs is 2. The summed E-state index contributed by atoms with van der Waals surface area (Å²) < 4.78 is 1.04. The summed E-state index contributed by atoms with van der Waals surface area (Å²) in [5.41, 5.74) is 15.8. The van der Waals surface area contributed by atoms with Crippen molar-refractivity contribution in [3.63, 3.8) is 0 Å². The number of carbonyl (C=O) groups excluding carboxylic acids is 1. The van der Waals surface area contributed by atoms with Crippen LogP contribution >= 0.6 is 38.6 Å². The Kier molecular flexibility index (Phi) is 3.53. The van der Waals surface area contributed by atoms with Gasteiger partial charge in [0, 0.05) is 31.1 Å². The fraction of sp³-hybridized carbons (Fsp3) is 0.294. The van der Waals surface area contributed by atoms with Crippen LogP contribution in [0.15, 0.2) is 15.9 Å². The molecule has 4 rings (SSSR count). The summed E-state index contributed by atoms with van der Waals surface area (Å²) in [7, 11) is 0. The second-order valence-electron chi connectivity index (χ2n) is 6.72. The van der Waals surface area contributed by atoms with Gasteiger partial charge in [-0.05, 0) is 40.4 Å². The standard InChI is InChI=1S/C17H16BrN3OS2/c1-17(2)4-3-8-10(9-5-7(18)6-23-9)11-12(19)13(15(20)22)24-16(11)21-14(8)17/h5-6H,3-4,19H2,1-2H3,(H2,20,22). The Morgan fingerprint density at radius 3 is 2.79 bits per heavy atom. The van der Waals surface area contributed by atoms with Gasteiger partial charge in [-0.3, -0.25) is 4.79 Å². The molecule has 1 aliphatic rings. The van der Waals surface area contributed by atoms with E-state index in [-0.39, 0.29) is 5.41 Å². The van der Waals surface area contributed by atoms with Gasteiger partial charge in [0.25, 0.3) is 5.91 Å². The highest BCUT2D eigenvalue weighted by Crippen LogP contribution is 2.49. The van der Waals surface area contributed by atoms with Gasteiger partial charge in [0.15, 0.2) is 0 Å². The van der Waals surface area contributed by atoms with Gasteiger partial charge in [0.1, 0.15) is 9.71 Å². The lowest BCUT2D eigenvalue weighted by Gasteiger charge is -2.18. The lowest BCUT2D eigenvalue weighted by molar-refractivity contribution is 0.100. The number of primary amides is 1. The molecule has 4 nitrogen and oxygen atoms in total. The van der Waals surface area contributed by atoms with Gasteiger partial charge in [-0.1, -0.05) is 13.8 Å². The molecule has 0 saturated heterocycles. The van der Waals surface area contributed by atoms with Gasteiger partial charge in [0.05, 0.1) is 11.4 Å². The fourth-order valence-electron chi connectivity index (χ4n) is 3.45. The van der Waals surface area contributed by atoms with Crippen LogP contribution in [-0.2, 0) is 11.8 Å². The van der Waals surface area contributed by atoms with Crippen molar-refractivity contribution < 1.29 is 4.79 Å². The van der Waals surface area contributed by atoms with E-state index in [1.54, 1.807) is 11.3 Å². The first-order valence-electron chi connectivity index (χ1n) is 7.59. The maximum absolute atomic E-state index is 11.7. The number of aromatic nitrogens is 1. The van der Waals surface area contributed by atoms with E-state index in [2.05, 4.69) is 41.2 Å². The minimum atomic E-state index is -0.492. The van der Waals surface area contributed by atoms with E-state index < -0.39 is 5.91 Å². The Morgan fingerprint density at radius 2 is 2.17 bits per heavy atom. The quantitative estimate of drug-likeness (QED) is 0.629. The first-order chi connectivity index (χ1) is 11.3. The second kappa shape index (κ2) is 5.28. The number of thiophene rings is 2. The zero-order chi connectivity index (χ0) is 17.2. The van der Waals surface area contributed by atoms with E-state index in [1.165, 1.54) is 16.9 Å². The van der Waals surface area contributed by atoms with Crippen LogP contribution in [0.4, 0.5) is 5.69 Å². The molecular formula is C17H16BrN3OS2. The van der Waals surface area contributed by atoms with E-state index in [4.69, 9.17) is 16.5 Å². The van der Waals surface area contributed by atoms with Gasteiger partial charge >= 0.3 is 0 Å². The van der Waals surface area contributed by atoms with E-state index in [0.717, 1.165) is 43.7 Å². The number of amides is 1. The maximum atomic E-state index is 11.7. The summed E-state index contributed by atoms with van der Waals surface area (Å²) in [6.07, 6.45) is 2.03. The molecule has 0 atom stereocenters. The Hall–Kier alpha value is -1.44. The third-order valence-electron chi connectivity index (χ3n) is 4.66. The molecule has 0 fully saturated rings. The highest BCUT2D eigenvalue weighted by atomic mass is 79.9. The average Bonchev–Trinajstić information content (AvgIpc) is 3.16. The minimum absolute atomic E-state index is 0.0262. The van der Waals surface area contributed by atoms with Crippen molar-refractivity contribution in [3.8, 4) is 10.4 Å². The molecule has 3 aromatic rings. The Balaban J connectivity index is 2.16.